The minimum absolute atomic E-state index is 0.150. The summed E-state index contributed by atoms with van der Waals surface area (Å²) in [5.74, 6) is -0.221. The molecule has 0 aliphatic heterocycles. The molecule has 2 heterocycles. The molecular formula is C14H13N3O3S. The number of hydrogen-bond acceptors (Lipinski definition) is 5. The molecule has 0 aliphatic carbocycles. The molecule has 2 rings (SSSR count). The van der Waals surface area contributed by atoms with Gasteiger partial charge in [0.2, 0.25) is 5.91 Å². The van der Waals surface area contributed by atoms with Gasteiger partial charge in [-0.25, -0.2) is 5.43 Å². The molecule has 0 bridgehead atoms. The highest BCUT2D eigenvalue weighted by Crippen LogP contribution is 2.04. The van der Waals surface area contributed by atoms with Crippen LogP contribution in [0.15, 0.2) is 51.5 Å². The van der Waals surface area contributed by atoms with Crippen molar-refractivity contribution in [1.82, 2.24) is 10.7 Å². The van der Waals surface area contributed by atoms with Gasteiger partial charge in [-0.15, -0.1) is 11.3 Å². The third-order valence-corrected chi connectivity index (χ3v) is 3.10. The maximum atomic E-state index is 11.4. The van der Waals surface area contributed by atoms with Gasteiger partial charge >= 0.3 is 0 Å². The van der Waals surface area contributed by atoms with Gasteiger partial charge in [0, 0.05) is 11.0 Å². The Morgan fingerprint density at radius 2 is 2.24 bits per heavy atom. The Morgan fingerprint density at radius 1 is 1.33 bits per heavy atom. The van der Waals surface area contributed by atoms with E-state index in [0.29, 0.717) is 5.76 Å². The zero-order chi connectivity index (χ0) is 14.9. The highest BCUT2D eigenvalue weighted by atomic mass is 32.1. The van der Waals surface area contributed by atoms with Crippen LogP contribution in [0.25, 0.3) is 6.08 Å². The van der Waals surface area contributed by atoms with E-state index in [1.165, 1.54) is 29.8 Å². The van der Waals surface area contributed by atoms with Crippen molar-refractivity contribution in [2.75, 3.05) is 6.54 Å². The molecule has 0 saturated carbocycles. The predicted molar refractivity (Wildman–Crippen MR) is 80.8 cm³/mol. The maximum absolute atomic E-state index is 11.4. The molecule has 7 heteroatoms. The number of rotatable bonds is 6. The van der Waals surface area contributed by atoms with Gasteiger partial charge in [0.05, 0.1) is 19.0 Å². The first-order valence-electron chi connectivity index (χ1n) is 6.09. The number of nitrogens with zero attached hydrogens (tertiary/aromatic N) is 1. The lowest BCUT2D eigenvalue weighted by molar-refractivity contribution is -0.123. The van der Waals surface area contributed by atoms with Crippen molar-refractivity contribution in [3.8, 4) is 0 Å². The van der Waals surface area contributed by atoms with E-state index in [-0.39, 0.29) is 12.5 Å². The van der Waals surface area contributed by atoms with Crippen LogP contribution in [0.2, 0.25) is 0 Å². The molecule has 0 radical (unpaired) electrons. The van der Waals surface area contributed by atoms with Crippen molar-refractivity contribution in [3.05, 3.63) is 52.6 Å². The van der Waals surface area contributed by atoms with E-state index in [0.717, 1.165) is 4.88 Å². The summed E-state index contributed by atoms with van der Waals surface area (Å²) in [6.07, 6.45) is 5.86. The van der Waals surface area contributed by atoms with Gasteiger partial charge in [0.1, 0.15) is 5.76 Å². The van der Waals surface area contributed by atoms with Gasteiger partial charge < -0.3 is 9.73 Å². The van der Waals surface area contributed by atoms with Crippen LogP contribution in [0.4, 0.5) is 0 Å². The van der Waals surface area contributed by atoms with Crippen molar-refractivity contribution in [2.24, 2.45) is 5.10 Å². The number of amides is 2. The number of carbonyl (C=O) groups is 2. The van der Waals surface area contributed by atoms with Gasteiger partial charge in [0.25, 0.3) is 5.91 Å². The molecule has 0 atom stereocenters. The molecule has 0 saturated heterocycles. The van der Waals surface area contributed by atoms with Crippen LogP contribution in [0.3, 0.4) is 0 Å². The van der Waals surface area contributed by atoms with Gasteiger partial charge in [-0.3, -0.25) is 9.59 Å². The lowest BCUT2D eigenvalue weighted by Gasteiger charge is -2.00. The number of thiophene rings is 1. The highest BCUT2D eigenvalue weighted by Gasteiger charge is 2.01. The van der Waals surface area contributed by atoms with Gasteiger partial charge in [-0.2, -0.15) is 5.10 Å². The average Bonchev–Trinajstić information content (AvgIpc) is 3.16. The van der Waals surface area contributed by atoms with E-state index in [1.54, 1.807) is 18.3 Å². The van der Waals surface area contributed by atoms with Crippen LogP contribution in [0.1, 0.15) is 10.6 Å². The van der Waals surface area contributed by atoms with E-state index in [1.807, 2.05) is 17.5 Å². The van der Waals surface area contributed by atoms with Gasteiger partial charge in [-0.1, -0.05) is 6.07 Å². The van der Waals surface area contributed by atoms with Crippen LogP contribution in [0, 0.1) is 0 Å². The first-order valence-corrected chi connectivity index (χ1v) is 6.97. The summed E-state index contributed by atoms with van der Waals surface area (Å²) >= 11 is 1.51. The van der Waals surface area contributed by atoms with Gasteiger partial charge in [0.15, 0.2) is 0 Å². The molecule has 2 amide bonds. The van der Waals surface area contributed by atoms with E-state index < -0.39 is 5.91 Å². The molecule has 2 N–H and O–H groups in total. The summed E-state index contributed by atoms with van der Waals surface area (Å²) in [7, 11) is 0. The smallest absolute Gasteiger partial charge is 0.259 e. The van der Waals surface area contributed by atoms with E-state index >= 15 is 0 Å². The van der Waals surface area contributed by atoms with Crippen molar-refractivity contribution < 1.29 is 14.0 Å². The van der Waals surface area contributed by atoms with Crippen LogP contribution >= 0.6 is 11.3 Å². The monoisotopic (exact) mass is 303 g/mol. The summed E-state index contributed by atoms with van der Waals surface area (Å²) < 4.78 is 5.03. The zero-order valence-corrected chi connectivity index (χ0v) is 11.8. The fourth-order valence-electron chi connectivity index (χ4n) is 1.34. The Bertz CT molecular complexity index is 630. The van der Waals surface area contributed by atoms with Crippen molar-refractivity contribution >= 4 is 35.4 Å². The molecule has 0 spiro atoms. The molecule has 2 aromatic heterocycles. The lowest BCUT2D eigenvalue weighted by Crippen LogP contribution is -2.33. The standard InChI is InChI=1S/C14H13N3O3S/c18-13(6-5-11-3-1-7-20-11)15-10-14(19)17-16-9-12-4-2-8-21-12/h1-9H,10H2,(H,15,18)(H,17,19)/b6-5+,16-9+. The van der Waals surface area contributed by atoms with Crippen LogP contribution in [0.5, 0.6) is 0 Å². The molecule has 0 fully saturated rings. The molecule has 6 nitrogen and oxygen atoms in total. The van der Waals surface area contributed by atoms with Crippen LogP contribution < -0.4 is 10.7 Å². The minimum Gasteiger partial charge on any atom is -0.465 e. The summed E-state index contributed by atoms with van der Waals surface area (Å²) in [5.41, 5.74) is 2.33. The first kappa shape index (κ1) is 14.7. The van der Waals surface area contributed by atoms with E-state index in [9.17, 15) is 9.59 Å². The second kappa shape index (κ2) is 7.81. The predicted octanol–water partition coefficient (Wildman–Crippen LogP) is 1.62. The fraction of sp³-hybridized carbons (Fsp3) is 0.0714. The summed E-state index contributed by atoms with van der Waals surface area (Å²) in [6, 6.07) is 7.20. The van der Waals surface area contributed by atoms with Crippen LogP contribution in [-0.4, -0.2) is 24.6 Å². The molecule has 21 heavy (non-hydrogen) atoms. The highest BCUT2D eigenvalue weighted by molar-refractivity contribution is 7.11. The van der Waals surface area contributed by atoms with Crippen molar-refractivity contribution in [2.45, 2.75) is 0 Å². The molecule has 108 valence electrons. The van der Waals surface area contributed by atoms with E-state index in [2.05, 4.69) is 15.8 Å². The first-order chi connectivity index (χ1) is 10.2. The van der Waals surface area contributed by atoms with Gasteiger partial charge in [-0.05, 0) is 29.7 Å². The molecule has 2 aromatic rings. The molecule has 0 aromatic carbocycles. The normalized spacial score (nSPS) is 11.0. The number of hydrazone groups is 1. The third kappa shape index (κ3) is 5.45. The summed E-state index contributed by atoms with van der Waals surface area (Å²) in [6.45, 7) is -0.150. The Morgan fingerprint density at radius 3 is 2.95 bits per heavy atom. The summed E-state index contributed by atoms with van der Waals surface area (Å²) in [4.78, 5) is 23.8. The Labute approximate surface area is 125 Å². The third-order valence-electron chi connectivity index (χ3n) is 2.29. The average molecular weight is 303 g/mol. The molecular weight excluding hydrogens is 290 g/mol. The minimum atomic E-state index is -0.400. The Kier molecular flexibility index (Phi) is 5.48. The molecule has 0 unspecified atom stereocenters. The van der Waals surface area contributed by atoms with Crippen molar-refractivity contribution in [1.29, 1.82) is 0 Å². The zero-order valence-electron chi connectivity index (χ0n) is 11.0. The Balaban J connectivity index is 1.67. The quantitative estimate of drug-likeness (QED) is 0.483. The Hall–Kier alpha value is -2.67. The second-order valence-corrected chi connectivity index (χ2v) is 4.85. The maximum Gasteiger partial charge on any atom is 0.259 e. The molecule has 0 aliphatic rings. The number of furan rings is 1. The lowest BCUT2D eigenvalue weighted by atomic mass is 10.4. The van der Waals surface area contributed by atoms with E-state index in [4.69, 9.17) is 4.42 Å². The topological polar surface area (TPSA) is 83.7 Å². The fourth-order valence-corrected chi connectivity index (χ4v) is 1.93. The largest absolute Gasteiger partial charge is 0.465 e. The number of carbonyl (C=O) groups excluding carboxylic acids is 2. The number of hydrogen-bond donors (Lipinski definition) is 2. The van der Waals surface area contributed by atoms with Crippen molar-refractivity contribution in [3.63, 3.8) is 0 Å². The second-order valence-electron chi connectivity index (χ2n) is 3.88. The van der Waals surface area contributed by atoms with Crippen LogP contribution in [-0.2, 0) is 9.59 Å². The SMILES string of the molecule is O=C(/C=C/c1ccco1)NCC(=O)N/N=C/c1cccs1. The number of nitrogens with one attached hydrogen (secondary N) is 2. The summed E-state index contributed by atoms with van der Waals surface area (Å²) in [5, 5.41) is 8.13.